The van der Waals surface area contributed by atoms with Crippen LogP contribution in [0.5, 0.6) is 0 Å². The zero-order valence-corrected chi connectivity index (χ0v) is 16.0. The largest absolute Gasteiger partial charge is 0.467 e. The van der Waals surface area contributed by atoms with Crippen LogP contribution in [0.3, 0.4) is 0 Å². The molecule has 144 valence electrons. The third kappa shape index (κ3) is 4.97. The van der Waals surface area contributed by atoms with E-state index in [0.29, 0.717) is 11.3 Å². The molecular formula is C19H22N2O5S. The maximum absolute atomic E-state index is 12.3. The van der Waals surface area contributed by atoms with Crippen LogP contribution in [0.4, 0.5) is 0 Å². The normalized spacial score (nSPS) is 12.9. The van der Waals surface area contributed by atoms with E-state index in [1.807, 2.05) is 5.38 Å². The maximum atomic E-state index is 12.3. The number of hydrogen-bond acceptors (Lipinski definition) is 6. The fraction of sp³-hybridized carbons (Fsp3) is 0.421. The minimum Gasteiger partial charge on any atom is -0.467 e. The average molecular weight is 390 g/mol. The van der Waals surface area contributed by atoms with Gasteiger partial charge in [0.1, 0.15) is 5.76 Å². The van der Waals surface area contributed by atoms with Gasteiger partial charge in [0.05, 0.1) is 24.9 Å². The van der Waals surface area contributed by atoms with Gasteiger partial charge in [0.15, 0.2) is 6.61 Å². The second-order valence-electron chi connectivity index (χ2n) is 6.44. The van der Waals surface area contributed by atoms with Crippen LogP contribution in [0.1, 0.15) is 39.4 Å². The number of aryl methyl sites for hydroxylation is 1. The molecular weight excluding hydrogens is 368 g/mol. The summed E-state index contributed by atoms with van der Waals surface area (Å²) in [4.78, 5) is 38.8. The first-order valence-corrected chi connectivity index (χ1v) is 9.72. The van der Waals surface area contributed by atoms with Crippen LogP contribution in [0.2, 0.25) is 0 Å². The Morgan fingerprint density at radius 3 is 2.89 bits per heavy atom. The van der Waals surface area contributed by atoms with Gasteiger partial charge in [0, 0.05) is 17.3 Å². The molecule has 1 aliphatic carbocycles. The van der Waals surface area contributed by atoms with Crippen LogP contribution in [0.15, 0.2) is 28.2 Å². The highest BCUT2D eigenvalue weighted by atomic mass is 32.1. The van der Waals surface area contributed by atoms with E-state index in [-0.39, 0.29) is 25.6 Å². The van der Waals surface area contributed by atoms with Gasteiger partial charge in [-0.25, -0.2) is 4.79 Å². The summed E-state index contributed by atoms with van der Waals surface area (Å²) in [6.07, 6.45) is 5.62. The van der Waals surface area contributed by atoms with Crippen LogP contribution < -0.4 is 5.32 Å². The van der Waals surface area contributed by atoms with E-state index >= 15 is 0 Å². The van der Waals surface area contributed by atoms with Gasteiger partial charge in [-0.3, -0.25) is 9.59 Å². The lowest BCUT2D eigenvalue weighted by molar-refractivity contribution is -0.137. The summed E-state index contributed by atoms with van der Waals surface area (Å²) in [5.41, 5.74) is 1.63. The Kier molecular flexibility index (Phi) is 6.28. The van der Waals surface area contributed by atoms with E-state index in [0.717, 1.165) is 31.2 Å². The van der Waals surface area contributed by atoms with Crippen molar-refractivity contribution in [3.8, 4) is 0 Å². The first-order chi connectivity index (χ1) is 13.0. The van der Waals surface area contributed by atoms with E-state index in [9.17, 15) is 14.4 Å². The number of carbonyl (C=O) groups excluding carboxylic acids is 3. The highest BCUT2D eigenvalue weighted by Gasteiger charge is 2.22. The van der Waals surface area contributed by atoms with Crippen LogP contribution >= 0.6 is 11.3 Å². The maximum Gasteiger partial charge on any atom is 0.339 e. The monoisotopic (exact) mass is 390 g/mol. The molecule has 2 amide bonds. The number of rotatable bonds is 7. The molecule has 0 unspecified atom stereocenters. The van der Waals surface area contributed by atoms with Crippen molar-refractivity contribution in [2.75, 3.05) is 20.2 Å². The summed E-state index contributed by atoms with van der Waals surface area (Å²) in [5.74, 6) is -0.593. The molecule has 0 radical (unpaired) electrons. The number of nitrogens with one attached hydrogen (secondary N) is 1. The van der Waals surface area contributed by atoms with Crippen LogP contribution in [-0.4, -0.2) is 42.9 Å². The van der Waals surface area contributed by atoms with Gasteiger partial charge >= 0.3 is 5.97 Å². The molecule has 0 aromatic carbocycles. The Balaban J connectivity index is 1.43. The van der Waals surface area contributed by atoms with E-state index in [1.165, 1.54) is 23.1 Å². The third-order valence-corrected chi connectivity index (χ3v) is 5.54. The summed E-state index contributed by atoms with van der Waals surface area (Å²) >= 11 is 1.58. The van der Waals surface area contributed by atoms with Crippen molar-refractivity contribution in [2.45, 2.75) is 32.2 Å². The molecule has 2 aromatic heterocycles. The van der Waals surface area contributed by atoms with Crippen LogP contribution in [0, 0.1) is 0 Å². The van der Waals surface area contributed by atoms with E-state index in [4.69, 9.17) is 9.15 Å². The van der Waals surface area contributed by atoms with Gasteiger partial charge in [-0.1, -0.05) is 0 Å². The molecule has 0 aliphatic heterocycles. The molecule has 0 spiro atoms. The summed E-state index contributed by atoms with van der Waals surface area (Å²) in [6.45, 7) is -0.248. The van der Waals surface area contributed by atoms with Gasteiger partial charge in [0.2, 0.25) is 5.91 Å². The molecule has 0 fully saturated rings. The van der Waals surface area contributed by atoms with Crippen molar-refractivity contribution >= 4 is 29.1 Å². The van der Waals surface area contributed by atoms with Crippen molar-refractivity contribution in [3.63, 3.8) is 0 Å². The van der Waals surface area contributed by atoms with Crippen molar-refractivity contribution in [2.24, 2.45) is 0 Å². The zero-order chi connectivity index (χ0) is 19.2. The minimum atomic E-state index is -0.474. The van der Waals surface area contributed by atoms with Crippen molar-refractivity contribution < 1.29 is 23.5 Å². The first-order valence-electron chi connectivity index (χ1n) is 8.84. The smallest absolute Gasteiger partial charge is 0.339 e. The van der Waals surface area contributed by atoms with Crippen molar-refractivity contribution in [1.82, 2.24) is 10.2 Å². The van der Waals surface area contributed by atoms with Crippen molar-refractivity contribution in [3.05, 3.63) is 45.5 Å². The summed E-state index contributed by atoms with van der Waals surface area (Å²) in [7, 11) is 1.50. The van der Waals surface area contributed by atoms with E-state index < -0.39 is 11.9 Å². The lowest BCUT2D eigenvalue weighted by atomic mass is 9.96. The fourth-order valence-corrected chi connectivity index (χ4v) is 4.05. The Hall–Kier alpha value is -2.61. The molecule has 8 heteroatoms. The molecule has 0 saturated heterocycles. The number of carbonyl (C=O) groups is 3. The van der Waals surface area contributed by atoms with Gasteiger partial charge in [-0.15, -0.1) is 11.3 Å². The lowest BCUT2D eigenvalue weighted by Crippen LogP contribution is -2.39. The predicted molar refractivity (Wildman–Crippen MR) is 99.4 cm³/mol. The van der Waals surface area contributed by atoms with Crippen LogP contribution in [-0.2, 0) is 33.7 Å². The summed E-state index contributed by atoms with van der Waals surface area (Å²) in [5, 5.41) is 4.47. The molecule has 27 heavy (non-hydrogen) atoms. The molecule has 1 N–H and O–H groups in total. The lowest BCUT2D eigenvalue weighted by Gasteiger charge is -2.17. The Morgan fingerprint density at radius 1 is 1.30 bits per heavy atom. The second kappa shape index (κ2) is 8.85. The molecule has 0 atom stereocenters. The zero-order valence-electron chi connectivity index (χ0n) is 15.2. The number of furan rings is 1. The quantitative estimate of drug-likeness (QED) is 0.732. The molecule has 0 saturated carbocycles. The molecule has 0 bridgehead atoms. The van der Waals surface area contributed by atoms with Gasteiger partial charge in [-0.05, 0) is 43.4 Å². The highest BCUT2D eigenvalue weighted by molar-refractivity contribution is 7.10. The Bertz CT molecular complexity index is 812. The molecule has 2 heterocycles. The number of amides is 2. The van der Waals surface area contributed by atoms with E-state index in [2.05, 4.69) is 5.32 Å². The van der Waals surface area contributed by atoms with Gasteiger partial charge in [0.25, 0.3) is 5.91 Å². The number of hydrogen-bond donors (Lipinski definition) is 1. The molecule has 3 rings (SSSR count). The van der Waals surface area contributed by atoms with E-state index in [1.54, 1.807) is 23.5 Å². The van der Waals surface area contributed by atoms with Gasteiger partial charge in [-0.2, -0.15) is 0 Å². The third-order valence-electron chi connectivity index (χ3n) is 4.45. The Labute approximate surface area is 161 Å². The Morgan fingerprint density at radius 2 is 2.11 bits per heavy atom. The number of esters is 1. The minimum absolute atomic E-state index is 0.120. The second-order valence-corrected chi connectivity index (χ2v) is 7.40. The summed E-state index contributed by atoms with van der Waals surface area (Å²) < 4.78 is 10.3. The SMILES string of the molecule is CN(CC(=O)NCc1ccco1)C(=O)COC(=O)c1csc2c1CCCC2. The number of ether oxygens (including phenoxy) is 1. The van der Waals surface area contributed by atoms with Gasteiger partial charge < -0.3 is 19.4 Å². The highest BCUT2D eigenvalue weighted by Crippen LogP contribution is 2.30. The van der Waals surface area contributed by atoms with Crippen molar-refractivity contribution in [1.29, 1.82) is 0 Å². The molecule has 2 aromatic rings. The standard InChI is InChI=1S/C19H22N2O5S/c1-21(10-17(22)20-9-13-5-4-8-25-13)18(23)11-26-19(24)15-12-27-16-7-3-2-6-14(15)16/h4-5,8,12H,2-3,6-7,9-11H2,1H3,(H,20,22). The predicted octanol–water partition coefficient (Wildman–Crippen LogP) is 2.15. The number of fused-ring (bicyclic) bond motifs is 1. The fourth-order valence-electron chi connectivity index (χ4n) is 2.94. The average Bonchev–Trinajstić information content (AvgIpc) is 3.33. The first kappa shape index (κ1) is 19.2. The molecule has 1 aliphatic rings. The number of nitrogens with zero attached hydrogens (tertiary/aromatic N) is 1. The topological polar surface area (TPSA) is 88.8 Å². The number of thiophene rings is 1. The molecule has 7 nitrogen and oxygen atoms in total. The summed E-state index contributed by atoms with van der Waals surface area (Å²) in [6, 6.07) is 3.48. The van der Waals surface area contributed by atoms with Crippen LogP contribution in [0.25, 0.3) is 0 Å². The number of likely N-dealkylation sites (N-methyl/N-ethyl adjacent to an activating group) is 1.